The molecule has 4 aromatic rings. The minimum absolute atomic E-state index is 0.0920. The molecule has 0 unspecified atom stereocenters. The third-order valence-corrected chi connectivity index (χ3v) is 6.09. The van der Waals surface area contributed by atoms with Gasteiger partial charge in [0.25, 0.3) is 0 Å². The van der Waals surface area contributed by atoms with Gasteiger partial charge in [-0.15, -0.1) is 5.10 Å². The van der Waals surface area contributed by atoms with E-state index in [9.17, 15) is 4.79 Å². The molecular formula is C24H24N4O4S. The molecule has 2 aromatic heterocycles. The summed E-state index contributed by atoms with van der Waals surface area (Å²) in [7, 11) is 3.25. The molecule has 2 N–H and O–H groups in total. The van der Waals surface area contributed by atoms with Gasteiger partial charge in [-0.3, -0.25) is 9.89 Å². The molecule has 33 heavy (non-hydrogen) atoms. The van der Waals surface area contributed by atoms with E-state index < -0.39 is 0 Å². The largest absolute Gasteiger partial charge is 0.497 e. The van der Waals surface area contributed by atoms with Crippen LogP contribution in [-0.4, -0.2) is 35.3 Å². The highest BCUT2D eigenvalue weighted by Crippen LogP contribution is 2.37. The summed E-state index contributed by atoms with van der Waals surface area (Å²) < 4.78 is 15.8. The topological polar surface area (TPSA) is 102 Å². The summed E-state index contributed by atoms with van der Waals surface area (Å²) in [5, 5.41) is 10.6. The fourth-order valence-corrected chi connectivity index (χ4v) is 4.21. The maximum Gasteiger partial charge on any atom is 0.221 e. The Bertz CT molecular complexity index is 1160. The van der Waals surface area contributed by atoms with E-state index in [2.05, 4.69) is 20.5 Å². The molecule has 0 aliphatic rings. The van der Waals surface area contributed by atoms with Gasteiger partial charge in [-0.1, -0.05) is 23.9 Å². The Morgan fingerprint density at radius 3 is 2.39 bits per heavy atom. The van der Waals surface area contributed by atoms with Crippen molar-refractivity contribution >= 4 is 17.7 Å². The van der Waals surface area contributed by atoms with Crippen LogP contribution in [0.3, 0.4) is 0 Å². The summed E-state index contributed by atoms with van der Waals surface area (Å²) in [5.74, 6) is 2.79. The monoisotopic (exact) mass is 464 g/mol. The van der Waals surface area contributed by atoms with Crippen molar-refractivity contribution in [3.05, 3.63) is 78.3 Å². The van der Waals surface area contributed by atoms with Crippen LogP contribution < -0.4 is 14.8 Å². The van der Waals surface area contributed by atoms with Crippen LogP contribution in [0.25, 0.3) is 11.4 Å². The second-order valence-corrected chi connectivity index (χ2v) is 8.30. The average molecular weight is 465 g/mol. The number of thioether (sulfide) groups is 1. The van der Waals surface area contributed by atoms with Crippen molar-refractivity contribution in [2.24, 2.45) is 0 Å². The highest BCUT2D eigenvalue weighted by atomic mass is 32.2. The highest BCUT2D eigenvalue weighted by molar-refractivity contribution is 7.99. The molecule has 9 heteroatoms. The van der Waals surface area contributed by atoms with Gasteiger partial charge in [0.2, 0.25) is 11.1 Å². The lowest BCUT2D eigenvalue weighted by Crippen LogP contribution is -2.23. The zero-order chi connectivity index (χ0) is 23.0. The van der Waals surface area contributed by atoms with E-state index in [4.69, 9.17) is 13.9 Å². The van der Waals surface area contributed by atoms with Gasteiger partial charge >= 0.3 is 0 Å². The Hall–Kier alpha value is -3.72. The number of nitrogens with one attached hydrogen (secondary N) is 2. The predicted molar refractivity (Wildman–Crippen MR) is 125 cm³/mol. The number of hydrogen-bond acceptors (Lipinski definition) is 7. The van der Waals surface area contributed by atoms with Crippen LogP contribution in [0.15, 0.2) is 76.5 Å². The van der Waals surface area contributed by atoms with Crippen LogP contribution in [0.5, 0.6) is 11.5 Å². The Morgan fingerprint density at radius 2 is 1.76 bits per heavy atom. The fraction of sp³-hybridized carbons (Fsp3) is 0.208. The first-order valence-electron chi connectivity index (χ1n) is 10.3. The lowest BCUT2D eigenvalue weighted by Gasteiger charge is -2.15. The lowest BCUT2D eigenvalue weighted by molar-refractivity contribution is -0.121. The van der Waals surface area contributed by atoms with Gasteiger partial charge < -0.3 is 19.2 Å². The van der Waals surface area contributed by atoms with E-state index in [1.807, 2.05) is 54.6 Å². The van der Waals surface area contributed by atoms with Gasteiger partial charge in [0, 0.05) is 17.2 Å². The first-order valence-corrected chi connectivity index (χ1v) is 11.2. The average Bonchev–Trinajstić information content (AvgIpc) is 3.55. The summed E-state index contributed by atoms with van der Waals surface area (Å²) in [6, 6.07) is 18.8. The molecule has 170 valence electrons. The van der Waals surface area contributed by atoms with E-state index >= 15 is 0 Å². The van der Waals surface area contributed by atoms with Crippen molar-refractivity contribution in [2.75, 3.05) is 14.2 Å². The Labute approximate surface area is 195 Å². The van der Waals surface area contributed by atoms with Gasteiger partial charge in [0.1, 0.15) is 17.3 Å². The molecule has 1 atom stereocenters. The third kappa shape index (κ3) is 5.95. The summed E-state index contributed by atoms with van der Waals surface area (Å²) in [6.45, 7) is 0.341. The van der Waals surface area contributed by atoms with Crippen LogP contribution >= 0.6 is 11.8 Å². The Morgan fingerprint density at radius 1 is 1.06 bits per heavy atom. The van der Waals surface area contributed by atoms with E-state index in [0.29, 0.717) is 23.3 Å². The molecule has 4 rings (SSSR count). The number of aromatic nitrogens is 3. The number of nitrogens with zero attached hydrogens (tertiary/aromatic N) is 2. The van der Waals surface area contributed by atoms with Gasteiger partial charge in [0.15, 0.2) is 5.82 Å². The lowest BCUT2D eigenvalue weighted by atomic mass is 10.1. The van der Waals surface area contributed by atoms with Crippen LogP contribution in [0.4, 0.5) is 0 Å². The van der Waals surface area contributed by atoms with Crippen molar-refractivity contribution < 1.29 is 18.7 Å². The van der Waals surface area contributed by atoms with Crippen LogP contribution in [0.2, 0.25) is 0 Å². The number of methoxy groups -OCH3 is 2. The van der Waals surface area contributed by atoms with Gasteiger partial charge in [0.05, 0.1) is 27.0 Å². The fourth-order valence-electron chi connectivity index (χ4n) is 3.19. The Balaban J connectivity index is 1.48. The first-order chi connectivity index (χ1) is 16.1. The summed E-state index contributed by atoms with van der Waals surface area (Å²) in [4.78, 5) is 17.3. The molecule has 0 bridgehead atoms. The van der Waals surface area contributed by atoms with Crippen molar-refractivity contribution in [2.45, 2.75) is 23.4 Å². The maximum absolute atomic E-state index is 12.7. The number of benzene rings is 2. The molecule has 2 heterocycles. The number of hydrogen-bond donors (Lipinski definition) is 2. The number of ether oxygens (including phenoxy) is 2. The van der Waals surface area contributed by atoms with Crippen molar-refractivity contribution in [1.82, 2.24) is 20.5 Å². The number of carbonyl (C=O) groups is 1. The smallest absolute Gasteiger partial charge is 0.221 e. The van der Waals surface area contributed by atoms with Gasteiger partial charge in [-0.25, -0.2) is 4.98 Å². The van der Waals surface area contributed by atoms with E-state index in [1.54, 1.807) is 26.5 Å². The molecule has 0 aliphatic carbocycles. The van der Waals surface area contributed by atoms with Gasteiger partial charge in [-0.2, -0.15) is 0 Å². The minimum atomic E-state index is -0.188. The zero-order valence-corrected chi connectivity index (χ0v) is 19.1. The SMILES string of the molecule is COc1ccc(-c2nc(S[C@@H](CC(=O)NCc3ccco3)c3ccc(OC)cc3)n[nH]2)cc1. The standard InChI is InChI=1S/C24H24N4O4S/c1-30-18-9-5-16(6-10-18)21(14-22(29)25-15-20-4-3-13-32-20)33-24-26-23(27-28-24)17-7-11-19(31-2)12-8-17/h3-13,21H,14-15H2,1-2H3,(H,25,29)(H,26,27,28)/t21-/m0/s1. The number of furan rings is 1. The number of amides is 1. The number of aromatic amines is 1. The van der Waals surface area contributed by atoms with Crippen LogP contribution in [0, 0.1) is 0 Å². The van der Waals surface area contributed by atoms with Crippen molar-refractivity contribution in [3.63, 3.8) is 0 Å². The quantitative estimate of drug-likeness (QED) is 0.330. The van der Waals surface area contributed by atoms with E-state index in [0.717, 1.165) is 22.6 Å². The number of carbonyl (C=O) groups excluding carboxylic acids is 1. The van der Waals surface area contributed by atoms with E-state index in [-0.39, 0.29) is 17.6 Å². The van der Waals surface area contributed by atoms with Gasteiger partial charge in [-0.05, 0) is 54.1 Å². The second kappa shape index (κ2) is 10.7. The molecule has 0 spiro atoms. The molecule has 0 saturated heterocycles. The third-order valence-electron chi connectivity index (χ3n) is 4.97. The summed E-state index contributed by atoms with van der Waals surface area (Å²) in [6.07, 6.45) is 1.84. The molecule has 1 amide bonds. The van der Waals surface area contributed by atoms with E-state index in [1.165, 1.54) is 11.8 Å². The predicted octanol–water partition coefficient (Wildman–Crippen LogP) is 4.62. The van der Waals surface area contributed by atoms with Crippen molar-refractivity contribution in [1.29, 1.82) is 0 Å². The molecule has 8 nitrogen and oxygen atoms in total. The van der Waals surface area contributed by atoms with Crippen molar-refractivity contribution in [3.8, 4) is 22.9 Å². The molecule has 2 aromatic carbocycles. The molecule has 0 radical (unpaired) electrons. The molecular weight excluding hydrogens is 440 g/mol. The first kappa shape index (κ1) is 22.5. The maximum atomic E-state index is 12.7. The second-order valence-electron chi connectivity index (χ2n) is 7.13. The zero-order valence-electron chi connectivity index (χ0n) is 18.3. The Kier molecular flexibility index (Phi) is 7.31. The van der Waals surface area contributed by atoms with Crippen LogP contribution in [-0.2, 0) is 11.3 Å². The number of rotatable bonds is 10. The van der Waals surface area contributed by atoms with Crippen LogP contribution in [0.1, 0.15) is 23.0 Å². The minimum Gasteiger partial charge on any atom is -0.497 e. The highest BCUT2D eigenvalue weighted by Gasteiger charge is 2.20. The summed E-state index contributed by atoms with van der Waals surface area (Å²) >= 11 is 1.43. The summed E-state index contributed by atoms with van der Waals surface area (Å²) in [5.41, 5.74) is 1.87. The molecule has 0 saturated carbocycles. The number of H-pyrrole nitrogens is 1. The molecule has 0 aliphatic heterocycles. The molecule has 0 fully saturated rings. The normalized spacial score (nSPS) is 11.7.